The van der Waals surface area contributed by atoms with Crippen LogP contribution >= 0.6 is 0 Å². The van der Waals surface area contributed by atoms with Gasteiger partial charge in [0.15, 0.2) is 11.5 Å². The third kappa shape index (κ3) is 6.65. The smallest absolute Gasteiger partial charge is 0.258 e. The van der Waals surface area contributed by atoms with Crippen molar-refractivity contribution in [2.75, 3.05) is 38.3 Å². The van der Waals surface area contributed by atoms with Crippen LogP contribution < -0.4 is 14.4 Å². The lowest BCUT2D eigenvalue weighted by atomic mass is 10.0. The van der Waals surface area contributed by atoms with Gasteiger partial charge in [-0.1, -0.05) is 54.6 Å². The Kier molecular flexibility index (Phi) is 8.54. The number of hydrogen-bond acceptors (Lipinski definition) is 4. The third-order valence-electron chi connectivity index (χ3n) is 7.06. The van der Waals surface area contributed by atoms with E-state index in [-0.39, 0.29) is 18.3 Å². The fourth-order valence-electron chi connectivity index (χ4n) is 4.88. The first-order valence-electron chi connectivity index (χ1n) is 13.4. The highest BCUT2D eigenvalue weighted by atomic mass is 19.1. The molecule has 1 fully saturated rings. The normalized spacial score (nSPS) is 13.3. The molecule has 4 aromatic rings. The minimum absolute atomic E-state index is 0.163. The second-order valence-electron chi connectivity index (χ2n) is 9.69. The minimum Gasteiger partial charge on any atom is -0.493 e. The van der Waals surface area contributed by atoms with Crippen molar-refractivity contribution in [2.24, 2.45) is 0 Å². The van der Waals surface area contributed by atoms with Gasteiger partial charge in [-0.2, -0.15) is 0 Å². The quantitative estimate of drug-likeness (QED) is 0.228. The van der Waals surface area contributed by atoms with Gasteiger partial charge in [0.05, 0.1) is 13.7 Å². The molecule has 1 amide bonds. The van der Waals surface area contributed by atoms with Crippen molar-refractivity contribution in [1.82, 2.24) is 4.90 Å². The molecule has 0 radical (unpaired) electrons. The summed E-state index contributed by atoms with van der Waals surface area (Å²) >= 11 is 0. The van der Waals surface area contributed by atoms with Gasteiger partial charge < -0.3 is 14.4 Å². The lowest BCUT2D eigenvalue weighted by Gasteiger charge is -2.25. The molecule has 1 aliphatic heterocycles. The summed E-state index contributed by atoms with van der Waals surface area (Å²) < 4.78 is 25.3. The van der Waals surface area contributed by atoms with Gasteiger partial charge in [-0.3, -0.25) is 9.69 Å². The number of ether oxygens (including phenoxy) is 2. The van der Waals surface area contributed by atoms with E-state index in [4.69, 9.17) is 9.47 Å². The number of hydrogen-bond donors (Lipinski definition) is 0. The number of benzene rings is 4. The van der Waals surface area contributed by atoms with Gasteiger partial charge in [0, 0.05) is 23.9 Å². The SMILES string of the molecule is COc1cc(N(Cc2ccc(F)cc2)C(=O)c2ccc(-c3ccccc3)cc2)ccc1OCCN1CCCC1. The number of methoxy groups -OCH3 is 1. The summed E-state index contributed by atoms with van der Waals surface area (Å²) in [6.45, 7) is 3.96. The summed E-state index contributed by atoms with van der Waals surface area (Å²) in [5.74, 6) is 0.723. The molecule has 5 nitrogen and oxygen atoms in total. The number of rotatable bonds is 10. The molecule has 0 spiro atoms. The van der Waals surface area contributed by atoms with Crippen LogP contribution in [0.15, 0.2) is 97.1 Å². The molecule has 0 atom stereocenters. The van der Waals surface area contributed by atoms with E-state index >= 15 is 0 Å². The van der Waals surface area contributed by atoms with Gasteiger partial charge in [-0.15, -0.1) is 0 Å². The molecule has 0 bridgehead atoms. The van der Waals surface area contributed by atoms with Crippen LogP contribution in [0.25, 0.3) is 11.1 Å². The van der Waals surface area contributed by atoms with Crippen molar-refractivity contribution in [3.8, 4) is 22.6 Å². The van der Waals surface area contributed by atoms with E-state index in [2.05, 4.69) is 4.90 Å². The van der Waals surface area contributed by atoms with Gasteiger partial charge in [0.1, 0.15) is 12.4 Å². The number of carbonyl (C=O) groups excluding carboxylic acids is 1. The second-order valence-corrected chi connectivity index (χ2v) is 9.69. The monoisotopic (exact) mass is 524 g/mol. The number of nitrogens with zero attached hydrogens (tertiary/aromatic N) is 2. The Balaban J connectivity index is 1.39. The third-order valence-corrected chi connectivity index (χ3v) is 7.06. The predicted molar refractivity (Wildman–Crippen MR) is 153 cm³/mol. The lowest BCUT2D eigenvalue weighted by Crippen LogP contribution is -2.30. The number of carbonyl (C=O) groups is 1. The maximum atomic E-state index is 13.8. The Morgan fingerprint density at radius 3 is 2.23 bits per heavy atom. The molecular formula is C33H33FN2O3. The van der Waals surface area contributed by atoms with Gasteiger partial charge in [-0.25, -0.2) is 4.39 Å². The van der Waals surface area contributed by atoms with E-state index in [1.165, 1.54) is 25.0 Å². The summed E-state index contributed by atoms with van der Waals surface area (Å²) in [5.41, 5.74) is 4.16. The summed E-state index contributed by atoms with van der Waals surface area (Å²) in [7, 11) is 1.60. The van der Waals surface area contributed by atoms with E-state index in [9.17, 15) is 9.18 Å². The fourth-order valence-corrected chi connectivity index (χ4v) is 4.88. The zero-order valence-electron chi connectivity index (χ0n) is 22.2. The molecule has 0 aliphatic carbocycles. The first kappa shape index (κ1) is 26.4. The minimum atomic E-state index is -0.315. The van der Waals surface area contributed by atoms with Crippen molar-refractivity contribution < 1.29 is 18.7 Å². The highest BCUT2D eigenvalue weighted by Crippen LogP contribution is 2.33. The fraction of sp³-hybridized carbons (Fsp3) is 0.242. The summed E-state index contributed by atoms with van der Waals surface area (Å²) in [6, 6.07) is 29.4. The van der Waals surface area contributed by atoms with Crippen LogP contribution in [0, 0.1) is 5.82 Å². The number of amides is 1. The van der Waals surface area contributed by atoms with E-state index in [0.717, 1.165) is 36.3 Å². The summed E-state index contributed by atoms with van der Waals surface area (Å²) in [4.78, 5) is 17.9. The molecular weight excluding hydrogens is 491 g/mol. The van der Waals surface area contributed by atoms with Gasteiger partial charge >= 0.3 is 0 Å². The molecule has 0 unspecified atom stereocenters. The first-order valence-corrected chi connectivity index (χ1v) is 13.4. The molecule has 0 saturated carbocycles. The Hall–Kier alpha value is -4.16. The van der Waals surface area contributed by atoms with Gasteiger partial charge in [0.2, 0.25) is 0 Å². The van der Waals surface area contributed by atoms with Crippen molar-refractivity contribution in [3.63, 3.8) is 0 Å². The van der Waals surface area contributed by atoms with Crippen molar-refractivity contribution in [2.45, 2.75) is 19.4 Å². The van der Waals surface area contributed by atoms with E-state index in [0.29, 0.717) is 29.4 Å². The number of anilines is 1. The molecule has 0 N–H and O–H groups in total. The second kappa shape index (κ2) is 12.6. The first-order chi connectivity index (χ1) is 19.1. The zero-order chi connectivity index (χ0) is 27.0. The highest BCUT2D eigenvalue weighted by Gasteiger charge is 2.21. The average molecular weight is 525 g/mol. The van der Waals surface area contributed by atoms with Gasteiger partial charge in [0.25, 0.3) is 5.91 Å². The van der Waals surface area contributed by atoms with E-state index in [1.54, 1.807) is 24.1 Å². The topological polar surface area (TPSA) is 42.0 Å². The van der Waals surface area contributed by atoms with Crippen molar-refractivity contribution in [1.29, 1.82) is 0 Å². The standard InChI is InChI=1S/C33H33FN2O3/c1-38-32-23-30(17-18-31(32)39-22-21-35-19-5-6-20-35)36(24-25-9-15-29(34)16-10-25)33(37)28-13-11-27(12-14-28)26-7-3-2-4-8-26/h2-4,7-18,23H,5-6,19-22,24H2,1H3. The molecule has 200 valence electrons. The molecule has 1 saturated heterocycles. The largest absolute Gasteiger partial charge is 0.493 e. The Morgan fingerprint density at radius 2 is 1.54 bits per heavy atom. The summed E-state index contributed by atoms with van der Waals surface area (Å²) in [6.07, 6.45) is 2.48. The molecule has 1 heterocycles. The number of halogens is 1. The Bertz CT molecular complexity index is 1370. The van der Waals surface area contributed by atoms with Crippen LogP contribution in [-0.2, 0) is 6.54 Å². The highest BCUT2D eigenvalue weighted by molar-refractivity contribution is 6.06. The van der Waals surface area contributed by atoms with Gasteiger partial charge in [-0.05, 0) is 79.0 Å². The maximum absolute atomic E-state index is 13.8. The van der Waals surface area contributed by atoms with Crippen LogP contribution in [0.5, 0.6) is 11.5 Å². The Morgan fingerprint density at radius 1 is 0.846 bits per heavy atom. The number of likely N-dealkylation sites (tertiary alicyclic amines) is 1. The van der Waals surface area contributed by atoms with Crippen molar-refractivity contribution in [3.05, 3.63) is 114 Å². The molecule has 5 rings (SSSR count). The van der Waals surface area contributed by atoms with Crippen LogP contribution in [0.2, 0.25) is 0 Å². The van der Waals surface area contributed by atoms with Crippen LogP contribution in [0.1, 0.15) is 28.8 Å². The maximum Gasteiger partial charge on any atom is 0.258 e. The molecule has 0 aromatic heterocycles. The van der Waals surface area contributed by atoms with Crippen LogP contribution in [0.3, 0.4) is 0 Å². The molecule has 1 aliphatic rings. The van der Waals surface area contributed by atoms with E-state index < -0.39 is 0 Å². The lowest BCUT2D eigenvalue weighted by molar-refractivity contribution is 0.0985. The van der Waals surface area contributed by atoms with Crippen LogP contribution in [-0.4, -0.2) is 44.2 Å². The Labute approximate surface area is 229 Å². The van der Waals surface area contributed by atoms with Crippen molar-refractivity contribution >= 4 is 11.6 Å². The average Bonchev–Trinajstić information content (AvgIpc) is 3.51. The molecule has 6 heteroatoms. The van der Waals surface area contributed by atoms with E-state index in [1.807, 2.05) is 72.8 Å². The molecule has 39 heavy (non-hydrogen) atoms. The summed E-state index contributed by atoms with van der Waals surface area (Å²) in [5, 5.41) is 0. The zero-order valence-corrected chi connectivity index (χ0v) is 22.2. The molecule has 4 aromatic carbocycles. The predicted octanol–water partition coefficient (Wildman–Crippen LogP) is 6.82. The van der Waals surface area contributed by atoms with Crippen LogP contribution in [0.4, 0.5) is 10.1 Å².